The Hall–Kier alpha value is -1.06. The molecule has 0 aromatic rings. The van der Waals surface area contributed by atoms with Crippen LogP contribution in [0.2, 0.25) is 0 Å². The van der Waals surface area contributed by atoms with Crippen molar-refractivity contribution in [2.45, 2.75) is 26.2 Å². The zero-order valence-electron chi connectivity index (χ0n) is 11.0. The first-order valence-corrected chi connectivity index (χ1v) is 6.44. The molecule has 17 heavy (non-hydrogen) atoms. The number of hydrogen-bond donors (Lipinski definition) is 0. The van der Waals surface area contributed by atoms with Crippen LogP contribution in [0.1, 0.15) is 26.2 Å². The highest BCUT2D eigenvalue weighted by Gasteiger charge is 2.49. The molecule has 1 saturated heterocycles. The minimum Gasteiger partial charge on any atom is -0.331 e. The molecule has 0 aromatic carbocycles. The summed E-state index contributed by atoms with van der Waals surface area (Å²) < 4.78 is 0. The van der Waals surface area contributed by atoms with Gasteiger partial charge in [-0.1, -0.05) is 6.92 Å². The zero-order chi connectivity index (χ0) is 12.6. The number of urea groups is 1. The number of fused-ring (bicyclic) bond motifs is 1. The van der Waals surface area contributed by atoms with Crippen LogP contribution >= 0.6 is 0 Å². The number of carbonyl (C=O) groups excluding carboxylic acids is 2. The van der Waals surface area contributed by atoms with Crippen LogP contribution in [-0.2, 0) is 4.79 Å². The Kier molecular flexibility index (Phi) is 3.15. The number of likely N-dealkylation sites (tertiary alicyclic amines) is 1. The molecule has 0 aromatic heterocycles. The number of aldehydes is 1. The van der Waals surface area contributed by atoms with Gasteiger partial charge in [0.25, 0.3) is 0 Å². The topological polar surface area (TPSA) is 40.6 Å². The molecule has 4 nitrogen and oxygen atoms in total. The summed E-state index contributed by atoms with van der Waals surface area (Å²) in [4.78, 5) is 26.6. The predicted molar refractivity (Wildman–Crippen MR) is 65.7 cm³/mol. The molecule has 2 amide bonds. The molecule has 0 spiro atoms. The fourth-order valence-electron chi connectivity index (χ4n) is 3.44. The van der Waals surface area contributed by atoms with Gasteiger partial charge in [0.1, 0.15) is 6.29 Å². The third-order valence-electron chi connectivity index (χ3n) is 4.52. The first-order valence-electron chi connectivity index (χ1n) is 6.44. The molecule has 1 saturated carbocycles. The number of hydrogen-bond acceptors (Lipinski definition) is 2. The standard InChI is InChI=1S/C13H22N2O2/c1-4-13(9-16)5-10-7-15(8-11(10)6-13)12(17)14(2)3/h9-11H,4-8H2,1-3H3. The highest BCUT2D eigenvalue weighted by atomic mass is 16.2. The summed E-state index contributed by atoms with van der Waals surface area (Å²) in [5, 5.41) is 0. The SMILES string of the molecule is CCC1(C=O)CC2CN(C(=O)N(C)C)CC2C1. The number of rotatable bonds is 2. The molecular weight excluding hydrogens is 216 g/mol. The van der Waals surface area contributed by atoms with Gasteiger partial charge in [-0.3, -0.25) is 0 Å². The molecule has 0 radical (unpaired) electrons. The van der Waals surface area contributed by atoms with Crippen molar-refractivity contribution in [1.29, 1.82) is 0 Å². The number of nitrogens with zero attached hydrogens (tertiary/aromatic N) is 2. The molecule has 96 valence electrons. The molecule has 1 aliphatic carbocycles. The van der Waals surface area contributed by atoms with Gasteiger partial charge in [-0.2, -0.15) is 0 Å². The van der Waals surface area contributed by atoms with Crippen LogP contribution in [0.15, 0.2) is 0 Å². The lowest BCUT2D eigenvalue weighted by atomic mass is 9.83. The van der Waals surface area contributed by atoms with Gasteiger partial charge in [-0.05, 0) is 31.1 Å². The van der Waals surface area contributed by atoms with E-state index in [2.05, 4.69) is 6.92 Å². The van der Waals surface area contributed by atoms with Crippen molar-refractivity contribution in [1.82, 2.24) is 9.80 Å². The van der Waals surface area contributed by atoms with Crippen LogP contribution in [-0.4, -0.2) is 49.3 Å². The number of carbonyl (C=O) groups is 2. The Balaban J connectivity index is 2.00. The minimum atomic E-state index is -0.0947. The van der Waals surface area contributed by atoms with E-state index in [1.165, 1.54) is 0 Å². The van der Waals surface area contributed by atoms with Crippen molar-refractivity contribution >= 4 is 12.3 Å². The van der Waals surface area contributed by atoms with Gasteiger partial charge in [0.2, 0.25) is 0 Å². The van der Waals surface area contributed by atoms with Gasteiger partial charge in [0.05, 0.1) is 0 Å². The molecule has 2 fully saturated rings. The van der Waals surface area contributed by atoms with Gasteiger partial charge >= 0.3 is 6.03 Å². The van der Waals surface area contributed by atoms with Crippen molar-refractivity contribution in [3.8, 4) is 0 Å². The molecule has 2 atom stereocenters. The monoisotopic (exact) mass is 238 g/mol. The van der Waals surface area contributed by atoms with E-state index in [-0.39, 0.29) is 11.4 Å². The first kappa shape index (κ1) is 12.4. The van der Waals surface area contributed by atoms with Crippen LogP contribution in [0.25, 0.3) is 0 Å². The molecule has 2 unspecified atom stereocenters. The highest BCUT2D eigenvalue weighted by molar-refractivity contribution is 5.74. The van der Waals surface area contributed by atoms with E-state index >= 15 is 0 Å². The lowest BCUT2D eigenvalue weighted by Crippen LogP contribution is -2.38. The second kappa shape index (κ2) is 4.31. The molecule has 0 bridgehead atoms. The average Bonchev–Trinajstić information content (AvgIpc) is 2.83. The average molecular weight is 238 g/mol. The van der Waals surface area contributed by atoms with E-state index in [4.69, 9.17) is 0 Å². The summed E-state index contributed by atoms with van der Waals surface area (Å²) in [5.41, 5.74) is -0.0947. The summed E-state index contributed by atoms with van der Waals surface area (Å²) in [5.74, 6) is 1.06. The minimum absolute atomic E-state index is 0.0947. The fourth-order valence-corrected chi connectivity index (χ4v) is 3.44. The van der Waals surface area contributed by atoms with Gasteiger partial charge in [-0.25, -0.2) is 4.79 Å². The van der Waals surface area contributed by atoms with E-state index in [0.717, 1.165) is 38.6 Å². The van der Waals surface area contributed by atoms with Gasteiger partial charge in [0, 0.05) is 32.6 Å². The van der Waals surface area contributed by atoms with E-state index in [0.29, 0.717) is 11.8 Å². The summed E-state index contributed by atoms with van der Waals surface area (Å²) in [6, 6.07) is 0.104. The van der Waals surface area contributed by atoms with Gasteiger partial charge < -0.3 is 14.6 Å². The Bertz CT molecular complexity index is 313. The van der Waals surface area contributed by atoms with Crippen LogP contribution in [0.3, 0.4) is 0 Å². The Morgan fingerprint density at radius 1 is 1.35 bits per heavy atom. The van der Waals surface area contributed by atoms with Crippen LogP contribution in [0.5, 0.6) is 0 Å². The summed E-state index contributed by atoms with van der Waals surface area (Å²) in [6.45, 7) is 3.76. The second-order valence-corrected chi connectivity index (χ2v) is 5.84. The summed E-state index contributed by atoms with van der Waals surface area (Å²) in [7, 11) is 3.58. The Morgan fingerprint density at radius 3 is 2.24 bits per heavy atom. The van der Waals surface area contributed by atoms with Gasteiger partial charge in [0.15, 0.2) is 0 Å². The molecule has 1 heterocycles. The van der Waals surface area contributed by atoms with E-state index in [1.54, 1.807) is 19.0 Å². The van der Waals surface area contributed by atoms with Crippen LogP contribution in [0.4, 0.5) is 4.79 Å². The van der Waals surface area contributed by atoms with Crippen molar-refractivity contribution in [2.24, 2.45) is 17.3 Å². The smallest absolute Gasteiger partial charge is 0.319 e. The predicted octanol–water partition coefficient (Wildman–Crippen LogP) is 1.61. The van der Waals surface area contributed by atoms with Gasteiger partial charge in [-0.15, -0.1) is 0 Å². The zero-order valence-corrected chi connectivity index (χ0v) is 11.0. The normalized spacial score (nSPS) is 35.8. The maximum Gasteiger partial charge on any atom is 0.319 e. The van der Waals surface area contributed by atoms with E-state index in [1.807, 2.05) is 4.90 Å². The van der Waals surface area contributed by atoms with Crippen molar-refractivity contribution in [2.75, 3.05) is 27.2 Å². The van der Waals surface area contributed by atoms with Crippen molar-refractivity contribution in [3.05, 3.63) is 0 Å². The number of amides is 2. The molecule has 2 aliphatic rings. The summed E-state index contributed by atoms with van der Waals surface area (Å²) >= 11 is 0. The van der Waals surface area contributed by atoms with Crippen molar-refractivity contribution in [3.63, 3.8) is 0 Å². The molecule has 4 heteroatoms. The maximum atomic E-state index is 11.9. The third kappa shape index (κ3) is 2.05. The van der Waals surface area contributed by atoms with E-state index < -0.39 is 0 Å². The first-order chi connectivity index (χ1) is 8.01. The lowest BCUT2D eigenvalue weighted by molar-refractivity contribution is -0.116. The highest BCUT2D eigenvalue weighted by Crippen LogP contribution is 2.49. The lowest BCUT2D eigenvalue weighted by Gasteiger charge is -2.26. The van der Waals surface area contributed by atoms with E-state index in [9.17, 15) is 9.59 Å². The fraction of sp³-hybridized carbons (Fsp3) is 0.846. The Morgan fingerprint density at radius 2 is 1.88 bits per heavy atom. The van der Waals surface area contributed by atoms with Crippen LogP contribution < -0.4 is 0 Å². The second-order valence-electron chi connectivity index (χ2n) is 5.84. The largest absolute Gasteiger partial charge is 0.331 e. The third-order valence-corrected chi connectivity index (χ3v) is 4.52. The maximum absolute atomic E-state index is 11.9. The molecule has 1 aliphatic heterocycles. The molecule has 0 N–H and O–H groups in total. The quantitative estimate of drug-likeness (QED) is 0.686. The van der Waals surface area contributed by atoms with Crippen LogP contribution in [0, 0.1) is 17.3 Å². The Labute approximate surface area is 103 Å². The molecular formula is C13H22N2O2. The summed E-state index contributed by atoms with van der Waals surface area (Å²) in [6.07, 6.45) is 4.03. The molecule has 2 rings (SSSR count). The van der Waals surface area contributed by atoms with Crippen molar-refractivity contribution < 1.29 is 9.59 Å².